The van der Waals surface area contributed by atoms with Crippen LogP contribution in [0.1, 0.15) is 37.7 Å². The minimum atomic E-state index is -0.238. The molecule has 1 aliphatic rings. The van der Waals surface area contributed by atoms with Crippen LogP contribution in [0.25, 0.3) is 11.1 Å². The summed E-state index contributed by atoms with van der Waals surface area (Å²) in [6.45, 7) is 0.515. The Bertz CT molecular complexity index is 973. The Balaban J connectivity index is 1.50. The quantitative estimate of drug-likeness (QED) is 0.501. The molecule has 4 nitrogen and oxygen atoms in total. The highest BCUT2D eigenvalue weighted by molar-refractivity contribution is 6.33. The lowest BCUT2D eigenvalue weighted by Gasteiger charge is -2.23. The van der Waals surface area contributed by atoms with Crippen LogP contribution in [0.5, 0.6) is 0 Å². The fraction of sp³-hybridized carbons (Fsp3) is 0.304. The van der Waals surface area contributed by atoms with E-state index in [0.29, 0.717) is 17.6 Å². The average molecular weight is 411 g/mol. The Morgan fingerprint density at radius 1 is 1.03 bits per heavy atom. The van der Waals surface area contributed by atoms with Crippen LogP contribution in [0.4, 0.5) is 15.9 Å². The van der Waals surface area contributed by atoms with Gasteiger partial charge in [-0.15, -0.1) is 0 Å². The Morgan fingerprint density at radius 3 is 2.72 bits per heavy atom. The van der Waals surface area contributed by atoms with Gasteiger partial charge in [-0.3, -0.25) is 4.98 Å². The van der Waals surface area contributed by atoms with Crippen molar-refractivity contribution in [3.8, 4) is 11.1 Å². The molecular weight excluding hydrogens is 387 g/mol. The highest BCUT2D eigenvalue weighted by Gasteiger charge is 2.15. The van der Waals surface area contributed by atoms with E-state index >= 15 is 0 Å². The molecule has 0 unspecified atom stereocenters. The lowest BCUT2D eigenvalue weighted by atomic mass is 9.95. The number of halogens is 2. The fourth-order valence-electron chi connectivity index (χ4n) is 3.73. The number of anilines is 2. The lowest BCUT2D eigenvalue weighted by molar-refractivity contribution is 0.462. The number of benzene rings is 1. The second-order valence-electron chi connectivity index (χ2n) is 7.47. The van der Waals surface area contributed by atoms with E-state index in [4.69, 9.17) is 11.6 Å². The van der Waals surface area contributed by atoms with Crippen LogP contribution in [0.15, 0.2) is 55.0 Å². The number of nitrogens with one attached hydrogen (secondary N) is 2. The summed E-state index contributed by atoms with van der Waals surface area (Å²) in [5.41, 5.74) is 3.52. The zero-order valence-electron chi connectivity index (χ0n) is 16.2. The average Bonchev–Trinajstić information content (AvgIpc) is 2.75. The summed E-state index contributed by atoms with van der Waals surface area (Å²) in [4.78, 5) is 8.79. The van der Waals surface area contributed by atoms with Crippen LogP contribution in [0.2, 0.25) is 5.02 Å². The van der Waals surface area contributed by atoms with Crippen molar-refractivity contribution in [3.63, 3.8) is 0 Å². The first-order valence-electron chi connectivity index (χ1n) is 10.0. The molecule has 150 valence electrons. The maximum Gasteiger partial charge on any atom is 0.126 e. The number of hydrogen-bond donors (Lipinski definition) is 2. The monoisotopic (exact) mass is 410 g/mol. The highest BCUT2D eigenvalue weighted by atomic mass is 35.5. The second-order valence-corrected chi connectivity index (χ2v) is 7.88. The van der Waals surface area contributed by atoms with Crippen molar-refractivity contribution in [1.29, 1.82) is 0 Å². The Kier molecular flexibility index (Phi) is 6.25. The van der Waals surface area contributed by atoms with Gasteiger partial charge in [-0.25, -0.2) is 9.37 Å². The van der Waals surface area contributed by atoms with E-state index < -0.39 is 0 Å². The Hall–Kier alpha value is -2.66. The van der Waals surface area contributed by atoms with Crippen LogP contribution in [0.3, 0.4) is 0 Å². The van der Waals surface area contributed by atoms with Gasteiger partial charge in [-0.05, 0) is 42.7 Å². The molecule has 0 atom stereocenters. The molecule has 3 aromatic rings. The molecule has 1 saturated carbocycles. The van der Waals surface area contributed by atoms with Gasteiger partial charge in [0.1, 0.15) is 11.6 Å². The zero-order valence-corrected chi connectivity index (χ0v) is 16.9. The van der Waals surface area contributed by atoms with Gasteiger partial charge >= 0.3 is 0 Å². The highest BCUT2D eigenvalue weighted by Crippen LogP contribution is 2.31. The molecule has 6 heteroatoms. The van der Waals surface area contributed by atoms with Crippen LogP contribution in [-0.4, -0.2) is 16.0 Å². The molecule has 0 saturated heterocycles. The van der Waals surface area contributed by atoms with Crippen molar-refractivity contribution in [1.82, 2.24) is 9.97 Å². The van der Waals surface area contributed by atoms with E-state index in [9.17, 15) is 4.39 Å². The zero-order chi connectivity index (χ0) is 20.1. The number of pyridine rings is 2. The summed E-state index contributed by atoms with van der Waals surface area (Å²) in [6, 6.07) is 11.0. The standard InChI is InChI=1S/C23H24ClFN4/c24-22-15-28-23(29-19-7-2-1-3-8-19)11-21(22)17-10-20(14-26-13-17)27-12-16-5-4-6-18(25)9-16/h4-6,9-11,13-15,19,27H,1-3,7-8,12H2,(H,28,29). The third-order valence-electron chi connectivity index (χ3n) is 5.25. The predicted octanol–water partition coefficient (Wildman–Crippen LogP) is 6.29. The summed E-state index contributed by atoms with van der Waals surface area (Å²) in [6.07, 6.45) is 11.4. The number of nitrogens with zero attached hydrogens (tertiary/aromatic N) is 2. The Morgan fingerprint density at radius 2 is 1.90 bits per heavy atom. The molecule has 1 fully saturated rings. The SMILES string of the molecule is Fc1cccc(CNc2cncc(-c3cc(NC4CCCCC4)ncc3Cl)c2)c1. The molecule has 0 aliphatic heterocycles. The van der Waals surface area contributed by atoms with E-state index in [1.807, 2.05) is 18.2 Å². The molecule has 2 heterocycles. The van der Waals surface area contributed by atoms with Crippen molar-refractivity contribution >= 4 is 23.1 Å². The van der Waals surface area contributed by atoms with E-state index in [2.05, 4.69) is 20.6 Å². The van der Waals surface area contributed by atoms with Gasteiger partial charge in [0.05, 0.1) is 10.7 Å². The van der Waals surface area contributed by atoms with E-state index in [1.54, 1.807) is 24.7 Å². The maximum absolute atomic E-state index is 13.4. The molecule has 0 spiro atoms. The van der Waals surface area contributed by atoms with Crippen LogP contribution in [-0.2, 0) is 6.54 Å². The van der Waals surface area contributed by atoms with Crippen LogP contribution >= 0.6 is 11.6 Å². The van der Waals surface area contributed by atoms with Gasteiger partial charge in [-0.1, -0.05) is 43.0 Å². The molecular formula is C23H24ClFN4. The first kappa shape index (κ1) is 19.6. The second kappa shape index (κ2) is 9.23. The van der Waals surface area contributed by atoms with Crippen LogP contribution < -0.4 is 10.6 Å². The third-order valence-corrected chi connectivity index (χ3v) is 5.55. The third kappa shape index (κ3) is 5.24. The molecule has 0 bridgehead atoms. The molecule has 2 N–H and O–H groups in total. The van der Waals surface area contributed by atoms with Crippen molar-refractivity contribution in [2.45, 2.75) is 44.7 Å². The van der Waals surface area contributed by atoms with E-state index in [1.165, 1.54) is 44.2 Å². The first-order valence-corrected chi connectivity index (χ1v) is 10.4. The van der Waals surface area contributed by atoms with Crippen molar-refractivity contribution < 1.29 is 4.39 Å². The lowest BCUT2D eigenvalue weighted by Crippen LogP contribution is -2.22. The number of aromatic nitrogens is 2. The van der Waals surface area contributed by atoms with Crippen molar-refractivity contribution in [3.05, 3.63) is 71.4 Å². The van der Waals surface area contributed by atoms with Gasteiger partial charge in [0.25, 0.3) is 0 Å². The van der Waals surface area contributed by atoms with Gasteiger partial charge < -0.3 is 10.6 Å². The maximum atomic E-state index is 13.4. The summed E-state index contributed by atoms with van der Waals surface area (Å²) in [7, 11) is 0. The topological polar surface area (TPSA) is 49.8 Å². The normalized spacial score (nSPS) is 14.6. The van der Waals surface area contributed by atoms with Gasteiger partial charge in [0.15, 0.2) is 0 Å². The largest absolute Gasteiger partial charge is 0.380 e. The molecule has 1 aromatic carbocycles. The minimum absolute atomic E-state index is 0.238. The molecule has 0 amide bonds. The number of hydrogen-bond acceptors (Lipinski definition) is 4. The molecule has 29 heavy (non-hydrogen) atoms. The molecule has 1 aliphatic carbocycles. The Labute approximate surface area is 175 Å². The predicted molar refractivity (Wildman–Crippen MR) is 117 cm³/mol. The summed E-state index contributed by atoms with van der Waals surface area (Å²) < 4.78 is 13.4. The first-order chi connectivity index (χ1) is 14.2. The molecule has 2 aromatic heterocycles. The van der Waals surface area contributed by atoms with E-state index in [0.717, 1.165) is 28.2 Å². The summed E-state index contributed by atoms with van der Waals surface area (Å²) in [5, 5.41) is 7.42. The minimum Gasteiger partial charge on any atom is -0.380 e. The van der Waals surface area contributed by atoms with Gasteiger partial charge in [-0.2, -0.15) is 0 Å². The van der Waals surface area contributed by atoms with Crippen LogP contribution in [0, 0.1) is 5.82 Å². The number of rotatable bonds is 6. The smallest absolute Gasteiger partial charge is 0.126 e. The molecule has 4 rings (SSSR count). The van der Waals surface area contributed by atoms with Crippen molar-refractivity contribution in [2.75, 3.05) is 10.6 Å². The summed E-state index contributed by atoms with van der Waals surface area (Å²) >= 11 is 6.44. The van der Waals surface area contributed by atoms with Gasteiger partial charge in [0, 0.05) is 42.3 Å². The van der Waals surface area contributed by atoms with E-state index in [-0.39, 0.29) is 5.82 Å². The fourth-order valence-corrected chi connectivity index (χ4v) is 3.94. The van der Waals surface area contributed by atoms with Gasteiger partial charge in [0.2, 0.25) is 0 Å². The molecule has 0 radical (unpaired) electrons. The van der Waals surface area contributed by atoms with Crippen molar-refractivity contribution in [2.24, 2.45) is 0 Å². The summed E-state index contributed by atoms with van der Waals surface area (Å²) in [5.74, 6) is 0.604.